The number of ether oxygens (including phenoxy) is 1. The monoisotopic (exact) mass is 271 g/mol. The number of phenolic OH excluding ortho intramolecular Hbond substituents is 1. The summed E-state index contributed by atoms with van der Waals surface area (Å²) in [4.78, 5) is 0. The van der Waals surface area contributed by atoms with Crippen molar-refractivity contribution in [2.75, 3.05) is 11.9 Å². The molecule has 0 atom stereocenters. The molecule has 0 aliphatic carbocycles. The highest BCUT2D eigenvalue weighted by molar-refractivity contribution is 5.46. The van der Waals surface area contributed by atoms with Gasteiger partial charge >= 0.3 is 0 Å². The molecule has 0 aliphatic heterocycles. The quantitative estimate of drug-likeness (QED) is 0.586. The van der Waals surface area contributed by atoms with Crippen molar-refractivity contribution in [1.29, 1.82) is 0 Å². The van der Waals surface area contributed by atoms with Crippen LogP contribution in [0.2, 0.25) is 0 Å². The van der Waals surface area contributed by atoms with E-state index in [9.17, 15) is 5.11 Å². The van der Waals surface area contributed by atoms with Crippen molar-refractivity contribution in [1.82, 2.24) is 0 Å². The van der Waals surface area contributed by atoms with Gasteiger partial charge in [-0.1, -0.05) is 25.5 Å². The third-order valence-electron chi connectivity index (χ3n) is 3.05. The molecule has 0 aromatic heterocycles. The number of unbranched alkanes of at least 4 members (excludes halogenated alkanes) is 1. The molecule has 0 aliphatic rings. The van der Waals surface area contributed by atoms with Crippen LogP contribution in [0.4, 0.5) is 5.69 Å². The third kappa shape index (κ3) is 4.50. The van der Waals surface area contributed by atoms with Crippen molar-refractivity contribution in [3.63, 3.8) is 0 Å². The molecule has 0 unspecified atom stereocenters. The van der Waals surface area contributed by atoms with E-state index in [-0.39, 0.29) is 5.75 Å². The van der Waals surface area contributed by atoms with Crippen molar-refractivity contribution < 1.29 is 9.84 Å². The number of anilines is 1. The largest absolute Gasteiger partial charge is 0.508 e. The van der Waals surface area contributed by atoms with Crippen molar-refractivity contribution >= 4 is 5.69 Å². The van der Waals surface area contributed by atoms with Crippen LogP contribution in [-0.4, -0.2) is 11.7 Å². The number of rotatable bonds is 7. The average molecular weight is 271 g/mol. The Morgan fingerprint density at radius 2 is 1.70 bits per heavy atom. The first-order valence-electron chi connectivity index (χ1n) is 7.02. The molecule has 0 fully saturated rings. The van der Waals surface area contributed by atoms with Crippen LogP contribution in [0.15, 0.2) is 48.5 Å². The zero-order chi connectivity index (χ0) is 14.2. The second-order valence-electron chi connectivity index (χ2n) is 4.75. The van der Waals surface area contributed by atoms with Gasteiger partial charge in [-0.3, -0.25) is 0 Å². The molecule has 0 bridgehead atoms. The van der Waals surface area contributed by atoms with Crippen molar-refractivity contribution in [3.8, 4) is 11.5 Å². The molecule has 2 rings (SSSR count). The Labute approximate surface area is 120 Å². The molecule has 0 saturated carbocycles. The van der Waals surface area contributed by atoms with Gasteiger partial charge in [0.1, 0.15) is 11.5 Å². The van der Waals surface area contributed by atoms with Crippen LogP contribution in [0.25, 0.3) is 0 Å². The molecule has 2 aromatic carbocycles. The minimum atomic E-state index is 0.282. The number of hydrogen-bond donors (Lipinski definition) is 2. The summed E-state index contributed by atoms with van der Waals surface area (Å²) in [7, 11) is 0. The maximum Gasteiger partial charge on any atom is 0.119 e. The molecule has 20 heavy (non-hydrogen) atoms. The molecule has 0 spiro atoms. The van der Waals surface area contributed by atoms with Gasteiger partial charge in [0.15, 0.2) is 0 Å². The Morgan fingerprint density at radius 1 is 1.00 bits per heavy atom. The fourth-order valence-corrected chi connectivity index (χ4v) is 1.82. The molecule has 2 aromatic rings. The van der Waals surface area contributed by atoms with E-state index in [2.05, 4.69) is 24.4 Å². The van der Waals surface area contributed by atoms with E-state index in [1.54, 1.807) is 12.1 Å². The van der Waals surface area contributed by atoms with Gasteiger partial charge in [0, 0.05) is 12.2 Å². The molecular weight excluding hydrogens is 250 g/mol. The number of nitrogens with one attached hydrogen (secondary N) is 1. The van der Waals surface area contributed by atoms with Crippen LogP contribution in [0.1, 0.15) is 25.3 Å². The lowest BCUT2D eigenvalue weighted by atomic mass is 10.2. The highest BCUT2D eigenvalue weighted by Crippen LogP contribution is 2.16. The van der Waals surface area contributed by atoms with Crippen LogP contribution in [0.5, 0.6) is 11.5 Å². The molecule has 0 radical (unpaired) electrons. The molecule has 3 nitrogen and oxygen atoms in total. The molecular formula is C17H21NO2. The number of benzene rings is 2. The van der Waals surface area contributed by atoms with E-state index in [1.807, 2.05) is 24.3 Å². The Kier molecular flexibility index (Phi) is 5.30. The van der Waals surface area contributed by atoms with Gasteiger partial charge in [-0.25, -0.2) is 0 Å². The number of hydrogen-bond acceptors (Lipinski definition) is 3. The van der Waals surface area contributed by atoms with Gasteiger partial charge in [-0.2, -0.15) is 0 Å². The second-order valence-corrected chi connectivity index (χ2v) is 4.75. The maximum atomic E-state index is 9.22. The summed E-state index contributed by atoms with van der Waals surface area (Å²) in [6, 6.07) is 15.2. The average Bonchev–Trinajstić information content (AvgIpc) is 2.48. The normalized spacial score (nSPS) is 10.2. The predicted molar refractivity (Wildman–Crippen MR) is 82.3 cm³/mol. The third-order valence-corrected chi connectivity index (χ3v) is 3.05. The lowest BCUT2D eigenvalue weighted by Gasteiger charge is -2.08. The number of aromatic hydroxyl groups is 1. The smallest absolute Gasteiger partial charge is 0.119 e. The SMILES string of the molecule is CCCCOc1ccc(CNc2ccc(O)cc2)cc1. The van der Waals surface area contributed by atoms with Crippen LogP contribution in [-0.2, 0) is 6.54 Å². The fourth-order valence-electron chi connectivity index (χ4n) is 1.82. The van der Waals surface area contributed by atoms with E-state index in [1.165, 1.54) is 5.56 Å². The first-order chi connectivity index (χ1) is 9.78. The molecule has 3 heteroatoms. The van der Waals surface area contributed by atoms with Gasteiger partial charge in [0.25, 0.3) is 0 Å². The lowest BCUT2D eigenvalue weighted by Crippen LogP contribution is -2.00. The highest BCUT2D eigenvalue weighted by Gasteiger charge is 1.97. The summed E-state index contributed by atoms with van der Waals surface area (Å²) in [5, 5.41) is 12.5. The molecule has 2 N–H and O–H groups in total. The number of phenols is 1. The predicted octanol–water partition coefficient (Wildman–Crippen LogP) is 4.18. The zero-order valence-electron chi connectivity index (χ0n) is 11.8. The first kappa shape index (κ1) is 14.3. The van der Waals surface area contributed by atoms with Crippen molar-refractivity contribution in [3.05, 3.63) is 54.1 Å². The summed E-state index contributed by atoms with van der Waals surface area (Å²) in [6.45, 7) is 3.68. The zero-order valence-corrected chi connectivity index (χ0v) is 11.8. The Morgan fingerprint density at radius 3 is 2.35 bits per heavy atom. The molecule has 106 valence electrons. The topological polar surface area (TPSA) is 41.5 Å². The fraction of sp³-hybridized carbons (Fsp3) is 0.294. The van der Waals surface area contributed by atoms with Crippen LogP contribution < -0.4 is 10.1 Å². The Balaban J connectivity index is 1.82. The Bertz CT molecular complexity index is 506. The van der Waals surface area contributed by atoms with Gasteiger partial charge in [-0.15, -0.1) is 0 Å². The molecule has 0 heterocycles. The van der Waals surface area contributed by atoms with Crippen LogP contribution >= 0.6 is 0 Å². The highest BCUT2D eigenvalue weighted by atomic mass is 16.5. The van der Waals surface area contributed by atoms with Gasteiger partial charge < -0.3 is 15.2 Å². The van der Waals surface area contributed by atoms with Gasteiger partial charge in [-0.05, 0) is 48.4 Å². The summed E-state index contributed by atoms with van der Waals surface area (Å²) < 4.78 is 5.63. The minimum absolute atomic E-state index is 0.282. The summed E-state index contributed by atoms with van der Waals surface area (Å²) >= 11 is 0. The standard InChI is InChI=1S/C17H21NO2/c1-2-3-12-20-17-10-4-14(5-11-17)13-18-15-6-8-16(19)9-7-15/h4-11,18-19H,2-3,12-13H2,1H3. The van der Waals surface area contributed by atoms with Crippen LogP contribution in [0.3, 0.4) is 0 Å². The van der Waals surface area contributed by atoms with Gasteiger partial charge in [0.05, 0.1) is 6.61 Å². The van der Waals surface area contributed by atoms with E-state index >= 15 is 0 Å². The molecule has 0 saturated heterocycles. The summed E-state index contributed by atoms with van der Waals surface area (Å²) in [6.07, 6.45) is 2.23. The van der Waals surface area contributed by atoms with Crippen molar-refractivity contribution in [2.45, 2.75) is 26.3 Å². The van der Waals surface area contributed by atoms with E-state index in [0.29, 0.717) is 0 Å². The lowest BCUT2D eigenvalue weighted by molar-refractivity contribution is 0.309. The Hall–Kier alpha value is -2.16. The summed E-state index contributed by atoms with van der Waals surface area (Å²) in [5.74, 6) is 1.20. The first-order valence-corrected chi connectivity index (χ1v) is 7.02. The van der Waals surface area contributed by atoms with E-state index in [4.69, 9.17) is 4.74 Å². The summed E-state index contributed by atoms with van der Waals surface area (Å²) in [5.41, 5.74) is 2.19. The van der Waals surface area contributed by atoms with E-state index < -0.39 is 0 Å². The van der Waals surface area contributed by atoms with Crippen LogP contribution in [0, 0.1) is 0 Å². The minimum Gasteiger partial charge on any atom is -0.508 e. The molecule has 0 amide bonds. The van der Waals surface area contributed by atoms with Crippen molar-refractivity contribution in [2.24, 2.45) is 0 Å². The van der Waals surface area contributed by atoms with E-state index in [0.717, 1.165) is 37.4 Å². The maximum absolute atomic E-state index is 9.22. The van der Waals surface area contributed by atoms with Gasteiger partial charge in [0.2, 0.25) is 0 Å². The second kappa shape index (κ2) is 7.43.